The Bertz CT molecular complexity index is 755. The van der Waals surface area contributed by atoms with E-state index in [1.54, 1.807) is 4.90 Å². The third-order valence-corrected chi connectivity index (χ3v) is 6.68. The number of carbonyl (C=O) groups excluding carboxylic acids is 2. The van der Waals surface area contributed by atoms with Gasteiger partial charge >= 0.3 is 0 Å². The highest BCUT2D eigenvalue weighted by Gasteiger charge is 2.47. The minimum Gasteiger partial charge on any atom is -0.374 e. The molecular weight excluding hydrogens is 360 g/mol. The molecule has 1 aromatic rings. The molecule has 4 fully saturated rings. The fraction of sp³-hybridized carbons (Fsp3) is 0.750. The van der Waals surface area contributed by atoms with Crippen LogP contribution in [0.1, 0.15) is 55.9 Å². The van der Waals surface area contributed by atoms with Gasteiger partial charge in [0.2, 0.25) is 11.8 Å². The number of nitrogens with zero attached hydrogens (tertiary/aromatic N) is 3. The van der Waals surface area contributed by atoms with Crippen molar-refractivity contribution in [1.82, 2.24) is 20.3 Å². The van der Waals surface area contributed by atoms with Crippen LogP contribution >= 0.6 is 0 Å². The third kappa shape index (κ3) is 3.55. The lowest BCUT2D eigenvalue weighted by molar-refractivity contribution is -0.160. The summed E-state index contributed by atoms with van der Waals surface area (Å²) in [5.74, 6) is 1.41. The largest absolute Gasteiger partial charge is 0.374 e. The number of aromatic nitrogens is 1. The quantitative estimate of drug-likeness (QED) is 0.810. The van der Waals surface area contributed by atoms with Gasteiger partial charge < -0.3 is 19.5 Å². The van der Waals surface area contributed by atoms with Gasteiger partial charge in [0.05, 0.1) is 37.9 Å². The molecule has 1 N–H and O–H groups in total. The molecule has 1 aromatic heterocycles. The van der Waals surface area contributed by atoms with Crippen LogP contribution in [-0.4, -0.2) is 71.2 Å². The van der Waals surface area contributed by atoms with Crippen LogP contribution in [0.3, 0.4) is 0 Å². The molecule has 2 saturated heterocycles. The summed E-state index contributed by atoms with van der Waals surface area (Å²) in [6.45, 7) is 3.36. The maximum absolute atomic E-state index is 12.6. The first-order chi connectivity index (χ1) is 13.6. The van der Waals surface area contributed by atoms with Crippen LogP contribution in [0.2, 0.25) is 0 Å². The molecule has 1 unspecified atom stereocenters. The molecule has 0 aromatic carbocycles. The molecule has 5 rings (SSSR count). The molecular formula is C20H28N4O4. The summed E-state index contributed by atoms with van der Waals surface area (Å²) in [6.07, 6.45) is 6.08. The van der Waals surface area contributed by atoms with E-state index >= 15 is 0 Å². The molecule has 152 valence electrons. The smallest absolute Gasteiger partial charge is 0.239 e. The Hall–Kier alpha value is -1.93. The minimum absolute atomic E-state index is 0.0000411. The van der Waals surface area contributed by atoms with Gasteiger partial charge in [0, 0.05) is 37.2 Å². The number of rotatable bonds is 5. The zero-order chi connectivity index (χ0) is 19.1. The van der Waals surface area contributed by atoms with Gasteiger partial charge in [0.1, 0.15) is 0 Å². The van der Waals surface area contributed by atoms with Crippen LogP contribution in [0, 0.1) is 0 Å². The molecule has 2 aliphatic heterocycles. The van der Waals surface area contributed by atoms with Crippen molar-refractivity contribution in [3.05, 3.63) is 17.5 Å². The normalized spacial score (nSPS) is 27.5. The zero-order valence-electron chi connectivity index (χ0n) is 16.2. The van der Waals surface area contributed by atoms with Gasteiger partial charge in [-0.1, -0.05) is 5.16 Å². The lowest BCUT2D eigenvalue weighted by Gasteiger charge is -2.54. The third-order valence-electron chi connectivity index (χ3n) is 6.68. The van der Waals surface area contributed by atoms with E-state index in [1.807, 2.05) is 0 Å². The van der Waals surface area contributed by atoms with Crippen molar-refractivity contribution in [2.24, 2.45) is 0 Å². The van der Waals surface area contributed by atoms with Crippen molar-refractivity contribution in [2.45, 2.75) is 62.6 Å². The van der Waals surface area contributed by atoms with E-state index in [0.29, 0.717) is 38.6 Å². The second-order valence-electron chi connectivity index (χ2n) is 8.75. The lowest BCUT2D eigenvalue weighted by atomic mass is 9.74. The first-order valence-electron chi connectivity index (χ1n) is 10.5. The summed E-state index contributed by atoms with van der Waals surface area (Å²) in [7, 11) is 0. The van der Waals surface area contributed by atoms with Gasteiger partial charge in [-0.05, 0) is 32.1 Å². The van der Waals surface area contributed by atoms with Crippen molar-refractivity contribution >= 4 is 11.8 Å². The van der Waals surface area contributed by atoms with Crippen LogP contribution in [0.4, 0.5) is 0 Å². The maximum Gasteiger partial charge on any atom is 0.239 e. The number of piperazine rings is 1. The van der Waals surface area contributed by atoms with Gasteiger partial charge in [-0.25, -0.2) is 0 Å². The van der Waals surface area contributed by atoms with Gasteiger partial charge in [-0.3, -0.25) is 14.5 Å². The Kier molecular flexibility index (Phi) is 4.63. The van der Waals surface area contributed by atoms with E-state index in [9.17, 15) is 9.59 Å². The number of ether oxygens (including phenoxy) is 1. The summed E-state index contributed by atoms with van der Waals surface area (Å²) in [6, 6.07) is 2.10. The van der Waals surface area contributed by atoms with Crippen molar-refractivity contribution in [1.29, 1.82) is 0 Å². The molecule has 0 radical (unpaired) electrons. The van der Waals surface area contributed by atoms with E-state index < -0.39 is 0 Å². The van der Waals surface area contributed by atoms with Crippen molar-refractivity contribution in [3.8, 4) is 0 Å². The minimum atomic E-state index is -0.144. The highest BCUT2D eigenvalue weighted by atomic mass is 16.5. The van der Waals surface area contributed by atoms with Gasteiger partial charge in [0.25, 0.3) is 0 Å². The fourth-order valence-electron chi connectivity index (χ4n) is 4.60. The van der Waals surface area contributed by atoms with E-state index in [0.717, 1.165) is 30.8 Å². The Morgan fingerprint density at radius 2 is 2.21 bits per heavy atom. The molecule has 8 heteroatoms. The van der Waals surface area contributed by atoms with Gasteiger partial charge in [-0.15, -0.1) is 0 Å². The Morgan fingerprint density at radius 1 is 1.36 bits per heavy atom. The maximum atomic E-state index is 12.6. The highest BCUT2D eigenvalue weighted by molar-refractivity contribution is 5.86. The number of hydrogen-bond donors (Lipinski definition) is 1. The number of morpholine rings is 1. The second kappa shape index (κ2) is 7.15. The number of carbonyl (C=O) groups is 2. The Morgan fingerprint density at radius 3 is 2.93 bits per heavy atom. The Balaban J connectivity index is 1.22. The SMILES string of the molecule is O=C1CN(C(=O)CC2CN(Cc3cc(C4CC4)no3)C3(CCC3)CO2)CCN1. The summed E-state index contributed by atoms with van der Waals surface area (Å²) < 4.78 is 11.7. The van der Waals surface area contributed by atoms with Gasteiger partial charge in [-0.2, -0.15) is 0 Å². The molecule has 3 heterocycles. The number of amides is 2. The van der Waals surface area contributed by atoms with Crippen molar-refractivity contribution in [2.75, 3.05) is 32.8 Å². The number of nitrogens with one attached hydrogen (secondary N) is 1. The van der Waals surface area contributed by atoms with E-state index in [1.165, 1.54) is 19.3 Å². The molecule has 2 saturated carbocycles. The summed E-state index contributed by atoms with van der Waals surface area (Å²) in [4.78, 5) is 28.3. The molecule has 28 heavy (non-hydrogen) atoms. The van der Waals surface area contributed by atoms with Crippen molar-refractivity contribution in [3.63, 3.8) is 0 Å². The monoisotopic (exact) mass is 388 g/mol. The molecule has 8 nitrogen and oxygen atoms in total. The first-order valence-corrected chi connectivity index (χ1v) is 10.5. The summed E-state index contributed by atoms with van der Waals surface area (Å²) in [5.41, 5.74) is 1.16. The van der Waals surface area contributed by atoms with E-state index in [4.69, 9.17) is 9.26 Å². The fourth-order valence-corrected chi connectivity index (χ4v) is 4.60. The highest BCUT2D eigenvalue weighted by Crippen LogP contribution is 2.43. The van der Waals surface area contributed by atoms with Gasteiger partial charge in [0.15, 0.2) is 5.76 Å². The topological polar surface area (TPSA) is 87.9 Å². The Labute approximate surface area is 164 Å². The molecule has 1 atom stereocenters. The van der Waals surface area contributed by atoms with Crippen LogP contribution in [0.25, 0.3) is 0 Å². The average molecular weight is 388 g/mol. The molecule has 1 spiro atoms. The van der Waals surface area contributed by atoms with Crippen LogP contribution in [0.15, 0.2) is 10.6 Å². The van der Waals surface area contributed by atoms with E-state index in [2.05, 4.69) is 21.4 Å². The molecule has 2 aliphatic carbocycles. The molecule has 4 aliphatic rings. The molecule has 0 bridgehead atoms. The lowest BCUT2D eigenvalue weighted by Crippen LogP contribution is -2.63. The van der Waals surface area contributed by atoms with Crippen LogP contribution in [0.5, 0.6) is 0 Å². The predicted octanol–water partition coefficient (Wildman–Crippen LogP) is 1.02. The standard InChI is InChI=1S/C20H28N4O4/c25-18-12-23(7-6-21-18)19(26)9-15-10-24(20(13-27-15)4-1-5-20)11-16-8-17(22-28-16)14-2-3-14/h8,14-15H,1-7,9-13H2,(H,21,25). The summed E-state index contributed by atoms with van der Waals surface area (Å²) >= 11 is 0. The second-order valence-corrected chi connectivity index (χ2v) is 8.75. The van der Waals surface area contributed by atoms with Crippen LogP contribution in [-0.2, 0) is 20.9 Å². The summed E-state index contributed by atoms with van der Waals surface area (Å²) in [5, 5.41) is 7.00. The molecule has 2 amide bonds. The average Bonchev–Trinajstić information content (AvgIpc) is 3.40. The predicted molar refractivity (Wildman–Crippen MR) is 99.4 cm³/mol. The first kappa shape index (κ1) is 18.1. The van der Waals surface area contributed by atoms with Crippen molar-refractivity contribution < 1.29 is 18.8 Å². The number of hydrogen-bond acceptors (Lipinski definition) is 6. The van der Waals surface area contributed by atoms with E-state index in [-0.39, 0.29) is 30.0 Å². The van der Waals surface area contributed by atoms with Crippen LogP contribution < -0.4 is 5.32 Å². The zero-order valence-corrected chi connectivity index (χ0v) is 16.2.